The highest BCUT2D eigenvalue weighted by molar-refractivity contribution is 6.37. The highest BCUT2D eigenvalue weighted by atomic mass is 35.5. The number of fused-ring (bicyclic) bond motifs is 2. The van der Waals surface area contributed by atoms with Gasteiger partial charge in [0.05, 0.1) is 42.0 Å². The lowest BCUT2D eigenvalue weighted by molar-refractivity contribution is -0.310. The van der Waals surface area contributed by atoms with Crippen molar-refractivity contribution in [2.45, 2.75) is 62.7 Å². The summed E-state index contributed by atoms with van der Waals surface area (Å²) >= 11 is 6.68. The molecule has 0 bridgehead atoms. The summed E-state index contributed by atoms with van der Waals surface area (Å²) in [4.78, 5) is 20.9. The van der Waals surface area contributed by atoms with Gasteiger partial charge in [-0.1, -0.05) is 35.9 Å². The normalized spacial score (nSPS) is 32.1. The fourth-order valence-electron chi connectivity index (χ4n) is 7.23. The first-order valence-electron chi connectivity index (χ1n) is 14.8. The molecule has 4 saturated heterocycles. The predicted molar refractivity (Wildman–Crippen MR) is 157 cm³/mol. The lowest BCUT2D eigenvalue weighted by Crippen LogP contribution is -2.73. The third kappa shape index (κ3) is 5.70. The topological polar surface area (TPSA) is 107 Å². The third-order valence-corrected chi connectivity index (χ3v) is 9.65. The molecule has 4 unspecified atom stereocenters. The van der Waals surface area contributed by atoms with E-state index >= 15 is 0 Å². The van der Waals surface area contributed by atoms with Crippen LogP contribution in [0.5, 0.6) is 0 Å². The minimum Gasteiger partial charge on any atom is -0.346 e. The number of hydrogen-bond donors (Lipinski definition) is 3. The average molecular weight is 582 g/mol. The Kier molecular flexibility index (Phi) is 8.77. The third-order valence-electron chi connectivity index (χ3n) is 9.34. The van der Waals surface area contributed by atoms with E-state index in [9.17, 15) is 15.3 Å². The molecule has 6 atom stereocenters. The lowest BCUT2D eigenvalue weighted by Gasteiger charge is -2.52. The number of nitriles is 1. The van der Waals surface area contributed by atoms with Crippen molar-refractivity contribution in [3.8, 4) is 6.07 Å². The van der Waals surface area contributed by atoms with E-state index in [0.717, 1.165) is 48.7 Å². The van der Waals surface area contributed by atoms with Crippen LogP contribution in [0.15, 0.2) is 36.4 Å². The van der Waals surface area contributed by atoms with Crippen molar-refractivity contribution in [2.75, 3.05) is 51.3 Å². The Hall–Kier alpha value is -2.33. The molecule has 4 fully saturated rings. The van der Waals surface area contributed by atoms with Crippen LogP contribution in [0.2, 0.25) is 5.02 Å². The number of amides is 1. The number of nitrogens with zero attached hydrogens (tertiary/aromatic N) is 5. The van der Waals surface area contributed by atoms with Gasteiger partial charge in [0.1, 0.15) is 0 Å². The summed E-state index contributed by atoms with van der Waals surface area (Å²) in [5.41, 5.74) is 0.810. The Bertz CT molecular complexity index is 1290. The van der Waals surface area contributed by atoms with Crippen LogP contribution in [0, 0.1) is 17.2 Å². The van der Waals surface area contributed by atoms with E-state index < -0.39 is 18.6 Å². The molecule has 2 aromatic rings. The number of likely N-dealkylation sites (N-methyl/N-ethyl adjacent to an activating group) is 1. The Morgan fingerprint density at radius 2 is 1.95 bits per heavy atom. The van der Waals surface area contributed by atoms with Crippen LogP contribution >= 0.6 is 11.6 Å². The molecule has 10 nitrogen and oxygen atoms in total. The zero-order valence-corrected chi connectivity index (χ0v) is 24.3. The number of anilines is 1. The number of benzene rings is 2. The first kappa shape index (κ1) is 28.8. The minimum absolute atomic E-state index is 0.0118. The first-order valence-corrected chi connectivity index (χ1v) is 15.2. The summed E-state index contributed by atoms with van der Waals surface area (Å²) < 4.78 is 6.35. The monoisotopic (exact) mass is 581 g/mol. The van der Waals surface area contributed by atoms with E-state index in [2.05, 4.69) is 33.6 Å². The predicted octanol–water partition coefficient (Wildman–Crippen LogP) is 2.81. The van der Waals surface area contributed by atoms with Crippen LogP contribution in [0.1, 0.15) is 32.1 Å². The molecule has 4 heterocycles. The van der Waals surface area contributed by atoms with Crippen LogP contribution in [0.25, 0.3) is 10.8 Å². The molecule has 4 aliphatic heterocycles. The van der Waals surface area contributed by atoms with Crippen molar-refractivity contribution in [3.63, 3.8) is 0 Å². The maximum absolute atomic E-state index is 14.5. The number of ether oxygens (including phenoxy) is 1. The van der Waals surface area contributed by atoms with E-state index in [1.165, 1.54) is 5.06 Å². The maximum atomic E-state index is 14.5. The number of piperazine rings is 1. The Morgan fingerprint density at radius 3 is 2.73 bits per heavy atom. The molecular weight excluding hydrogens is 542 g/mol. The SMILES string of the molecule is CN1CCC[C@H]1COC1NC2C(=O)N(c3cccc4cccc(Cl)c34)CCCC2C(N2CCN[C@@H](CC#N)C2)N1O. The second-order valence-electron chi connectivity index (χ2n) is 11.8. The largest absolute Gasteiger partial charge is 0.346 e. The molecule has 2 aromatic carbocycles. The fourth-order valence-corrected chi connectivity index (χ4v) is 7.51. The summed E-state index contributed by atoms with van der Waals surface area (Å²) in [6.07, 6.45) is 2.85. The average Bonchev–Trinajstić information content (AvgIpc) is 3.31. The summed E-state index contributed by atoms with van der Waals surface area (Å²) in [5.74, 6) is -0.203. The summed E-state index contributed by atoms with van der Waals surface area (Å²) in [6.45, 7) is 4.10. The van der Waals surface area contributed by atoms with Gasteiger partial charge in [0, 0.05) is 49.6 Å². The van der Waals surface area contributed by atoms with Crippen molar-refractivity contribution < 1.29 is 14.7 Å². The molecule has 0 aromatic heterocycles. The Labute approximate surface area is 246 Å². The van der Waals surface area contributed by atoms with Crippen molar-refractivity contribution in [1.29, 1.82) is 5.26 Å². The van der Waals surface area contributed by atoms with Gasteiger partial charge < -0.3 is 25.1 Å². The number of rotatable bonds is 6. The zero-order chi connectivity index (χ0) is 28.5. The number of carbonyl (C=O) groups is 1. The molecule has 0 aliphatic carbocycles. The molecule has 4 aliphatic rings. The number of halogens is 1. The summed E-state index contributed by atoms with van der Waals surface area (Å²) in [5, 5.41) is 31.6. The molecule has 220 valence electrons. The summed E-state index contributed by atoms with van der Waals surface area (Å²) in [6, 6.07) is 13.8. The van der Waals surface area contributed by atoms with Crippen molar-refractivity contribution in [2.24, 2.45) is 5.92 Å². The zero-order valence-electron chi connectivity index (χ0n) is 23.6. The Morgan fingerprint density at radius 1 is 1.15 bits per heavy atom. The van der Waals surface area contributed by atoms with E-state index in [1.54, 1.807) is 0 Å². The second-order valence-corrected chi connectivity index (χ2v) is 12.2. The number of nitrogens with one attached hydrogen (secondary N) is 2. The van der Waals surface area contributed by atoms with Gasteiger partial charge in [-0.25, -0.2) is 0 Å². The number of hydrogen-bond acceptors (Lipinski definition) is 9. The number of carbonyl (C=O) groups excluding carboxylic acids is 1. The molecule has 0 saturated carbocycles. The molecule has 41 heavy (non-hydrogen) atoms. The van der Waals surface area contributed by atoms with E-state index in [0.29, 0.717) is 44.2 Å². The van der Waals surface area contributed by atoms with Gasteiger partial charge in [-0.2, -0.15) is 5.26 Å². The van der Waals surface area contributed by atoms with Gasteiger partial charge in [-0.05, 0) is 56.8 Å². The van der Waals surface area contributed by atoms with Gasteiger partial charge in [-0.15, -0.1) is 5.06 Å². The smallest absolute Gasteiger partial charge is 0.244 e. The molecule has 1 amide bonds. The van der Waals surface area contributed by atoms with E-state index in [4.69, 9.17) is 16.3 Å². The van der Waals surface area contributed by atoms with Crippen molar-refractivity contribution in [3.05, 3.63) is 41.4 Å². The maximum Gasteiger partial charge on any atom is 0.244 e. The summed E-state index contributed by atoms with van der Waals surface area (Å²) in [7, 11) is 2.10. The van der Waals surface area contributed by atoms with Gasteiger partial charge in [0.2, 0.25) is 5.91 Å². The van der Waals surface area contributed by atoms with Crippen LogP contribution in [-0.2, 0) is 9.53 Å². The van der Waals surface area contributed by atoms with E-state index in [-0.39, 0.29) is 23.9 Å². The van der Waals surface area contributed by atoms with Crippen LogP contribution in [-0.4, -0.2) is 103 Å². The van der Waals surface area contributed by atoms with E-state index in [1.807, 2.05) is 41.3 Å². The molecule has 0 spiro atoms. The fraction of sp³-hybridized carbons (Fsp3) is 0.600. The van der Waals surface area contributed by atoms with Crippen LogP contribution < -0.4 is 15.5 Å². The molecule has 6 rings (SSSR count). The lowest BCUT2D eigenvalue weighted by atomic mass is 9.88. The Balaban J connectivity index is 1.32. The quantitative estimate of drug-likeness (QED) is 0.475. The van der Waals surface area contributed by atoms with Gasteiger partial charge >= 0.3 is 0 Å². The van der Waals surface area contributed by atoms with Crippen LogP contribution in [0.3, 0.4) is 0 Å². The second kappa shape index (κ2) is 12.5. The standard InChI is InChI=1S/C30H40ClN7O3/c1-35-15-4-8-22(35)19-41-30-34-27-23(28(38(30)40)36-17-14-33-21(18-36)12-13-32)9-5-16-37(29(27)39)25-11-3-7-20-6-2-10-24(31)26(20)25/h2-3,6-7,10-11,21-23,27-28,30,33-34,40H,4-5,8-9,12,14-19H2,1H3/t21-,22-,23?,27?,28?,30?/m0/s1. The molecule has 11 heteroatoms. The van der Waals surface area contributed by atoms with Gasteiger partial charge in [-0.3, -0.25) is 15.0 Å². The van der Waals surface area contributed by atoms with Gasteiger partial charge in [0.15, 0.2) is 6.35 Å². The van der Waals surface area contributed by atoms with Crippen LogP contribution in [0.4, 0.5) is 5.69 Å². The number of hydroxylamine groups is 2. The first-order chi connectivity index (χ1) is 20.0. The highest BCUT2D eigenvalue weighted by Gasteiger charge is 2.51. The highest BCUT2D eigenvalue weighted by Crippen LogP contribution is 2.38. The number of likely N-dealkylation sites (tertiary alicyclic amines) is 1. The molecular formula is C30H40ClN7O3. The van der Waals surface area contributed by atoms with Gasteiger partial charge in [0.25, 0.3) is 0 Å². The van der Waals surface area contributed by atoms with Crippen molar-refractivity contribution in [1.82, 2.24) is 25.5 Å². The molecule has 3 N–H and O–H groups in total. The van der Waals surface area contributed by atoms with Crippen molar-refractivity contribution >= 4 is 34.0 Å². The minimum atomic E-state index is -0.834. The molecule has 0 radical (unpaired) electrons.